The molecule has 1 aromatic heterocycles. The Labute approximate surface area is 106 Å². The molecule has 0 radical (unpaired) electrons. The number of hydrogen-bond donors (Lipinski definition) is 2. The lowest BCUT2D eigenvalue weighted by molar-refractivity contribution is 0.0904. The lowest BCUT2D eigenvalue weighted by Crippen LogP contribution is -2.32. The van der Waals surface area contributed by atoms with Crippen molar-refractivity contribution < 1.29 is 17.6 Å². The molecule has 1 amide bonds. The van der Waals surface area contributed by atoms with Gasteiger partial charge in [0.25, 0.3) is 15.9 Å². The van der Waals surface area contributed by atoms with Gasteiger partial charge in [-0.15, -0.1) is 0 Å². The van der Waals surface area contributed by atoms with Crippen LogP contribution in [-0.2, 0) is 10.0 Å². The minimum atomic E-state index is -3.63. The Kier molecular flexibility index (Phi) is 3.72. The van der Waals surface area contributed by atoms with Gasteiger partial charge in [0, 0.05) is 6.04 Å². The normalized spacial score (nSPS) is 16.9. The minimum absolute atomic E-state index is 0.0238. The first-order valence-corrected chi connectivity index (χ1v) is 7.35. The van der Waals surface area contributed by atoms with E-state index in [2.05, 4.69) is 10.0 Å². The molecule has 1 fully saturated rings. The summed E-state index contributed by atoms with van der Waals surface area (Å²) in [5, 5.41) is 2.58. The molecule has 1 aliphatic carbocycles. The van der Waals surface area contributed by atoms with E-state index in [-0.39, 0.29) is 22.8 Å². The van der Waals surface area contributed by atoms with Crippen LogP contribution in [0.5, 0.6) is 0 Å². The number of furan rings is 1. The molecule has 7 heteroatoms. The van der Waals surface area contributed by atoms with E-state index in [1.165, 1.54) is 19.2 Å². The molecule has 0 bridgehead atoms. The van der Waals surface area contributed by atoms with Gasteiger partial charge in [0.1, 0.15) is 0 Å². The maximum Gasteiger partial charge on any atom is 0.287 e. The van der Waals surface area contributed by atoms with Crippen LogP contribution in [0.15, 0.2) is 21.6 Å². The van der Waals surface area contributed by atoms with Gasteiger partial charge in [-0.1, -0.05) is 12.8 Å². The lowest BCUT2D eigenvalue weighted by Gasteiger charge is -2.09. The molecule has 2 rings (SSSR count). The molecule has 100 valence electrons. The van der Waals surface area contributed by atoms with Crippen LogP contribution in [0.25, 0.3) is 0 Å². The molecular formula is C11H16N2O4S. The maximum absolute atomic E-state index is 11.8. The second-order valence-corrected chi connectivity index (χ2v) is 6.10. The molecule has 6 nitrogen and oxygen atoms in total. The molecular weight excluding hydrogens is 256 g/mol. The average Bonchev–Trinajstić information content (AvgIpc) is 2.99. The molecule has 0 spiro atoms. The number of carbonyl (C=O) groups is 1. The van der Waals surface area contributed by atoms with Gasteiger partial charge in [0.2, 0.25) is 5.09 Å². The Morgan fingerprint density at radius 2 is 2.00 bits per heavy atom. The largest absolute Gasteiger partial charge is 0.438 e. The second kappa shape index (κ2) is 5.11. The molecule has 0 atom stereocenters. The van der Waals surface area contributed by atoms with Crippen molar-refractivity contribution in [3.8, 4) is 0 Å². The molecule has 0 unspecified atom stereocenters. The van der Waals surface area contributed by atoms with E-state index < -0.39 is 10.0 Å². The van der Waals surface area contributed by atoms with Gasteiger partial charge in [-0.05, 0) is 32.0 Å². The highest BCUT2D eigenvalue weighted by molar-refractivity contribution is 7.89. The lowest BCUT2D eigenvalue weighted by atomic mass is 10.2. The average molecular weight is 272 g/mol. The van der Waals surface area contributed by atoms with Crippen LogP contribution in [0.2, 0.25) is 0 Å². The van der Waals surface area contributed by atoms with Crippen molar-refractivity contribution >= 4 is 15.9 Å². The first-order valence-electron chi connectivity index (χ1n) is 5.87. The molecule has 1 heterocycles. The number of amides is 1. The van der Waals surface area contributed by atoms with Gasteiger partial charge in [-0.25, -0.2) is 13.1 Å². The SMILES string of the molecule is CNS(=O)(=O)c1ccc(C(=O)NC2CCCC2)o1. The van der Waals surface area contributed by atoms with E-state index in [0.717, 1.165) is 25.7 Å². The number of hydrogen-bond acceptors (Lipinski definition) is 4. The van der Waals surface area contributed by atoms with E-state index in [1.54, 1.807) is 0 Å². The summed E-state index contributed by atoms with van der Waals surface area (Å²) in [4.78, 5) is 11.8. The van der Waals surface area contributed by atoms with Crippen LogP contribution in [0, 0.1) is 0 Å². The van der Waals surface area contributed by atoms with Gasteiger partial charge >= 0.3 is 0 Å². The zero-order valence-corrected chi connectivity index (χ0v) is 10.9. The monoisotopic (exact) mass is 272 g/mol. The second-order valence-electron chi connectivity index (χ2n) is 4.28. The summed E-state index contributed by atoms with van der Waals surface area (Å²) in [5.74, 6) is -0.338. The summed E-state index contributed by atoms with van der Waals surface area (Å²) in [6, 6.07) is 2.82. The van der Waals surface area contributed by atoms with Gasteiger partial charge in [-0.3, -0.25) is 4.79 Å². The third-order valence-electron chi connectivity index (χ3n) is 3.03. The van der Waals surface area contributed by atoms with Crippen molar-refractivity contribution in [2.75, 3.05) is 7.05 Å². The van der Waals surface area contributed by atoms with Gasteiger partial charge in [0.15, 0.2) is 5.76 Å². The molecule has 1 aromatic rings. The topological polar surface area (TPSA) is 88.4 Å². The summed E-state index contributed by atoms with van der Waals surface area (Å²) in [5.41, 5.74) is 0. The highest BCUT2D eigenvalue weighted by Crippen LogP contribution is 2.19. The van der Waals surface area contributed by atoms with Crippen molar-refractivity contribution in [1.82, 2.24) is 10.0 Å². The number of rotatable bonds is 4. The first-order chi connectivity index (χ1) is 8.53. The van der Waals surface area contributed by atoms with Crippen LogP contribution in [-0.4, -0.2) is 27.4 Å². The van der Waals surface area contributed by atoms with Crippen LogP contribution >= 0.6 is 0 Å². The summed E-state index contributed by atoms with van der Waals surface area (Å²) >= 11 is 0. The Balaban J connectivity index is 2.07. The predicted molar refractivity (Wildman–Crippen MR) is 64.7 cm³/mol. The Morgan fingerprint density at radius 3 is 2.61 bits per heavy atom. The maximum atomic E-state index is 11.8. The van der Waals surface area contributed by atoms with E-state index in [1.807, 2.05) is 0 Å². The Morgan fingerprint density at radius 1 is 1.33 bits per heavy atom. The number of sulfonamides is 1. The van der Waals surface area contributed by atoms with Crippen LogP contribution in [0.3, 0.4) is 0 Å². The predicted octanol–water partition coefficient (Wildman–Crippen LogP) is 0.860. The van der Waals surface area contributed by atoms with Crippen molar-refractivity contribution in [2.24, 2.45) is 0 Å². The Bertz CT molecular complexity index is 529. The van der Waals surface area contributed by atoms with E-state index in [0.29, 0.717) is 0 Å². The summed E-state index contributed by atoms with van der Waals surface area (Å²) in [6.45, 7) is 0. The molecule has 18 heavy (non-hydrogen) atoms. The molecule has 2 N–H and O–H groups in total. The molecule has 0 saturated heterocycles. The summed E-state index contributed by atoms with van der Waals surface area (Å²) in [6.07, 6.45) is 4.16. The highest BCUT2D eigenvalue weighted by atomic mass is 32.2. The fraction of sp³-hybridized carbons (Fsp3) is 0.545. The van der Waals surface area contributed by atoms with Crippen molar-refractivity contribution in [3.63, 3.8) is 0 Å². The molecule has 1 aliphatic rings. The van der Waals surface area contributed by atoms with Crippen molar-refractivity contribution in [3.05, 3.63) is 17.9 Å². The molecule has 0 aliphatic heterocycles. The van der Waals surface area contributed by atoms with Crippen molar-refractivity contribution in [1.29, 1.82) is 0 Å². The number of nitrogens with one attached hydrogen (secondary N) is 2. The zero-order valence-electron chi connectivity index (χ0n) is 10.1. The third-order valence-corrected chi connectivity index (χ3v) is 4.32. The minimum Gasteiger partial charge on any atom is -0.438 e. The van der Waals surface area contributed by atoms with E-state index in [4.69, 9.17) is 4.42 Å². The summed E-state index contributed by atoms with van der Waals surface area (Å²) < 4.78 is 30.1. The Hall–Kier alpha value is -1.34. The fourth-order valence-electron chi connectivity index (χ4n) is 2.01. The van der Waals surface area contributed by atoms with Crippen LogP contribution < -0.4 is 10.0 Å². The van der Waals surface area contributed by atoms with Gasteiger partial charge in [-0.2, -0.15) is 0 Å². The standard InChI is InChI=1S/C11H16N2O4S/c1-12-18(15,16)10-7-6-9(17-10)11(14)13-8-4-2-3-5-8/h6-8,12H,2-5H2,1H3,(H,13,14). The highest BCUT2D eigenvalue weighted by Gasteiger charge is 2.22. The smallest absolute Gasteiger partial charge is 0.287 e. The number of carbonyl (C=O) groups excluding carboxylic acids is 1. The van der Waals surface area contributed by atoms with Crippen LogP contribution in [0.4, 0.5) is 0 Å². The van der Waals surface area contributed by atoms with Crippen molar-refractivity contribution in [2.45, 2.75) is 36.8 Å². The van der Waals surface area contributed by atoms with Gasteiger partial charge < -0.3 is 9.73 Å². The molecule has 0 aromatic carbocycles. The quantitative estimate of drug-likeness (QED) is 0.851. The van der Waals surface area contributed by atoms with Crippen LogP contribution in [0.1, 0.15) is 36.2 Å². The third kappa shape index (κ3) is 2.73. The zero-order chi connectivity index (χ0) is 13.2. The van der Waals surface area contributed by atoms with E-state index >= 15 is 0 Å². The summed E-state index contributed by atoms with van der Waals surface area (Å²) in [7, 11) is -2.35. The van der Waals surface area contributed by atoms with Gasteiger partial charge in [0.05, 0.1) is 0 Å². The molecule has 1 saturated carbocycles. The fourth-order valence-corrected chi connectivity index (χ4v) is 2.66. The first kappa shape index (κ1) is 13.1. The van der Waals surface area contributed by atoms with E-state index in [9.17, 15) is 13.2 Å².